The molecule has 0 spiro atoms. The largest absolute Gasteiger partial charge is 0.494 e. The van der Waals surface area contributed by atoms with Crippen LogP contribution in [0.1, 0.15) is 13.8 Å². The summed E-state index contributed by atoms with van der Waals surface area (Å²) in [5.41, 5.74) is 6.39. The second-order valence-electron chi connectivity index (χ2n) is 4.19. The summed E-state index contributed by atoms with van der Waals surface area (Å²) in [5.74, 6) is 1.81. The molecular weight excluding hydrogens is 218 g/mol. The number of nitrogens with two attached hydrogens (primary N) is 1. The molecule has 0 heterocycles. The molecule has 0 radical (unpaired) electrons. The third-order valence-corrected chi connectivity index (χ3v) is 2.18. The Balaban J connectivity index is 2.36. The average Bonchev–Trinajstić information content (AvgIpc) is 2.30. The first-order chi connectivity index (χ1) is 8.15. The van der Waals surface area contributed by atoms with Crippen LogP contribution in [0.15, 0.2) is 18.2 Å². The predicted molar refractivity (Wildman–Crippen MR) is 68.6 cm³/mol. The zero-order chi connectivity index (χ0) is 12.7. The van der Waals surface area contributed by atoms with Gasteiger partial charge in [-0.1, -0.05) is 19.9 Å². The van der Waals surface area contributed by atoms with E-state index in [0.29, 0.717) is 36.3 Å². The maximum absolute atomic E-state index is 5.87. The highest BCUT2D eigenvalue weighted by atomic mass is 16.5. The van der Waals surface area contributed by atoms with Gasteiger partial charge in [-0.05, 0) is 18.1 Å². The lowest BCUT2D eigenvalue weighted by Gasteiger charge is -2.12. The zero-order valence-electron chi connectivity index (χ0n) is 10.7. The van der Waals surface area contributed by atoms with Crippen LogP contribution < -0.4 is 15.2 Å². The Hall–Kier alpha value is -1.42. The molecule has 1 rings (SSSR count). The summed E-state index contributed by atoms with van der Waals surface area (Å²) in [5, 5.41) is 0. The lowest BCUT2D eigenvalue weighted by atomic mass is 10.2. The van der Waals surface area contributed by atoms with Crippen molar-refractivity contribution in [1.29, 1.82) is 0 Å². The van der Waals surface area contributed by atoms with Crippen LogP contribution >= 0.6 is 0 Å². The van der Waals surface area contributed by atoms with Gasteiger partial charge in [0.15, 0.2) is 0 Å². The number of hydrogen-bond acceptors (Lipinski definition) is 4. The van der Waals surface area contributed by atoms with E-state index in [4.69, 9.17) is 19.9 Å². The number of anilines is 1. The molecule has 0 unspecified atom stereocenters. The molecule has 0 fully saturated rings. The summed E-state index contributed by atoms with van der Waals surface area (Å²) in [7, 11) is 1.58. The van der Waals surface area contributed by atoms with Crippen LogP contribution in [0, 0.1) is 5.92 Å². The molecular formula is C13H21NO3. The monoisotopic (exact) mass is 239 g/mol. The van der Waals surface area contributed by atoms with E-state index >= 15 is 0 Å². The van der Waals surface area contributed by atoms with Gasteiger partial charge < -0.3 is 19.9 Å². The van der Waals surface area contributed by atoms with Crippen molar-refractivity contribution in [1.82, 2.24) is 0 Å². The summed E-state index contributed by atoms with van der Waals surface area (Å²) >= 11 is 0. The molecule has 0 aromatic heterocycles. The van der Waals surface area contributed by atoms with E-state index in [-0.39, 0.29) is 0 Å². The fraction of sp³-hybridized carbons (Fsp3) is 0.538. The SMILES string of the molecule is COc1cccc(OCCOCC(C)C)c1N. The molecule has 0 amide bonds. The fourth-order valence-electron chi connectivity index (χ4n) is 1.36. The van der Waals surface area contributed by atoms with Gasteiger partial charge in [-0.3, -0.25) is 0 Å². The van der Waals surface area contributed by atoms with Crippen LogP contribution in [0.2, 0.25) is 0 Å². The van der Waals surface area contributed by atoms with E-state index < -0.39 is 0 Å². The van der Waals surface area contributed by atoms with Crippen molar-refractivity contribution in [2.24, 2.45) is 5.92 Å². The smallest absolute Gasteiger partial charge is 0.146 e. The van der Waals surface area contributed by atoms with Gasteiger partial charge in [0, 0.05) is 6.61 Å². The van der Waals surface area contributed by atoms with Gasteiger partial charge in [-0.2, -0.15) is 0 Å². The first kappa shape index (κ1) is 13.6. The van der Waals surface area contributed by atoms with Gasteiger partial charge in [0.05, 0.1) is 13.7 Å². The molecule has 0 saturated heterocycles. The number of rotatable bonds is 7. The van der Waals surface area contributed by atoms with Crippen molar-refractivity contribution in [2.75, 3.05) is 32.7 Å². The predicted octanol–water partition coefficient (Wildman–Crippen LogP) is 2.33. The highest BCUT2D eigenvalue weighted by Crippen LogP contribution is 2.30. The molecule has 1 aromatic rings. The molecule has 2 N–H and O–H groups in total. The molecule has 0 aliphatic rings. The molecule has 4 nitrogen and oxygen atoms in total. The van der Waals surface area contributed by atoms with Crippen molar-refractivity contribution in [3.05, 3.63) is 18.2 Å². The Morgan fingerprint density at radius 3 is 2.53 bits per heavy atom. The lowest BCUT2D eigenvalue weighted by Crippen LogP contribution is -2.11. The standard InChI is InChI=1S/C13H21NO3/c1-10(2)9-16-7-8-17-12-6-4-5-11(15-3)13(12)14/h4-6,10H,7-9,14H2,1-3H3. The number of hydrogen-bond donors (Lipinski definition) is 1. The Morgan fingerprint density at radius 1 is 1.18 bits per heavy atom. The quantitative estimate of drug-likeness (QED) is 0.586. The van der Waals surface area contributed by atoms with Gasteiger partial charge in [0.2, 0.25) is 0 Å². The van der Waals surface area contributed by atoms with E-state index in [0.717, 1.165) is 6.61 Å². The fourth-order valence-corrected chi connectivity index (χ4v) is 1.36. The van der Waals surface area contributed by atoms with Gasteiger partial charge in [0.1, 0.15) is 23.8 Å². The van der Waals surface area contributed by atoms with Crippen molar-refractivity contribution in [2.45, 2.75) is 13.8 Å². The Bertz CT molecular complexity index is 339. The van der Waals surface area contributed by atoms with E-state index in [1.165, 1.54) is 0 Å². The van der Waals surface area contributed by atoms with E-state index in [1.807, 2.05) is 12.1 Å². The van der Waals surface area contributed by atoms with Crippen LogP contribution in [-0.4, -0.2) is 26.9 Å². The minimum atomic E-state index is 0.490. The number of nitrogen functional groups attached to an aromatic ring is 1. The highest BCUT2D eigenvalue weighted by Gasteiger charge is 2.05. The Morgan fingerprint density at radius 2 is 1.88 bits per heavy atom. The van der Waals surface area contributed by atoms with Crippen molar-refractivity contribution >= 4 is 5.69 Å². The first-order valence-electron chi connectivity index (χ1n) is 5.78. The van der Waals surface area contributed by atoms with E-state index in [9.17, 15) is 0 Å². The van der Waals surface area contributed by atoms with Crippen LogP contribution in [0.3, 0.4) is 0 Å². The molecule has 17 heavy (non-hydrogen) atoms. The Labute approximate surface area is 103 Å². The van der Waals surface area contributed by atoms with Gasteiger partial charge in [0.25, 0.3) is 0 Å². The van der Waals surface area contributed by atoms with Gasteiger partial charge in [-0.25, -0.2) is 0 Å². The molecule has 4 heteroatoms. The summed E-state index contributed by atoms with van der Waals surface area (Å²) in [4.78, 5) is 0. The maximum Gasteiger partial charge on any atom is 0.146 e. The first-order valence-corrected chi connectivity index (χ1v) is 5.78. The summed E-state index contributed by atoms with van der Waals surface area (Å²) in [6.45, 7) is 6.03. The van der Waals surface area contributed by atoms with Crippen LogP contribution in [-0.2, 0) is 4.74 Å². The van der Waals surface area contributed by atoms with E-state index in [1.54, 1.807) is 13.2 Å². The summed E-state index contributed by atoms with van der Waals surface area (Å²) < 4.78 is 16.1. The van der Waals surface area contributed by atoms with Crippen LogP contribution in [0.25, 0.3) is 0 Å². The molecule has 0 saturated carbocycles. The minimum Gasteiger partial charge on any atom is -0.494 e. The second-order valence-corrected chi connectivity index (χ2v) is 4.19. The zero-order valence-corrected chi connectivity index (χ0v) is 10.7. The third kappa shape index (κ3) is 4.53. The highest BCUT2D eigenvalue weighted by molar-refractivity contribution is 5.62. The Kier molecular flexibility index (Phi) is 5.63. The number of benzene rings is 1. The van der Waals surface area contributed by atoms with Crippen molar-refractivity contribution in [3.63, 3.8) is 0 Å². The van der Waals surface area contributed by atoms with Crippen molar-refractivity contribution in [3.8, 4) is 11.5 Å². The number of para-hydroxylation sites is 1. The average molecular weight is 239 g/mol. The molecule has 1 aromatic carbocycles. The number of methoxy groups -OCH3 is 1. The summed E-state index contributed by atoms with van der Waals surface area (Å²) in [6, 6.07) is 5.47. The normalized spacial score (nSPS) is 10.6. The second kappa shape index (κ2) is 7.01. The molecule has 0 aliphatic carbocycles. The molecule has 96 valence electrons. The maximum atomic E-state index is 5.87. The lowest BCUT2D eigenvalue weighted by molar-refractivity contribution is 0.0820. The van der Waals surface area contributed by atoms with Gasteiger partial charge in [-0.15, -0.1) is 0 Å². The van der Waals surface area contributed by atoms with Crippen molar-refractivity contribution < 1.29 is 14.2 Å². The summed E-state index contributed by atoms with van der Waals surface area (Å²) in [6.07, 6.45) is 0. The number of ether oxygens (including phenoxy) is 3. The van der Waals surface area contributed by atoms with Crippen LogP contribution in [0.4, 0.5) is 5.69 Å². The topological polar surface area (TPSA) is 53.7 Å². The molecule has 0 aliphatic heterocycles. The van der Waals surface area contributed by atoms with Gasteiger partial charge >= 0.3 is 0 Å². The minimum absolute atomic E-state index is 0.490. The molecule has 0 atom stereocenters. The van der Waals surface area contributed by atoms with Crippen LogP contribution in [0.5, 0.6) is 11.5 Å². The van der Waals surface area contributed by atoms with E-state index in [2.05, 4.69) is 13.8 Å². The molecule has 0 bridgehead atoms. The third-order valence-electron chi connectivity index (χ3n) is 2.18.